The zero-order chi connectivity index (χ0) is 21.6. The van der Waals surface area contributed by atoms with Gasteiger partial charge in [-0.15, -0.1) is 0 Å². The number of amides is 2. The number of aromatic nitrogens is 2. The van der Waals surface area contributed by atoms with Crippen LogP contribution in [0.15, 0.2) is 48.5 Å². The van der Waals surface area contributed by atoms with E-state index < -0.39 is 0 Å². The van der Waals surface area contributed by atoms with Crippen LogP contribution in [-0.4, -0.2) is 54.7 Å². The Hall–Kier alpha value is -3.06. The third kappa shape index (κ3) is 5.55. The minimum absolute atomic E-state index is 0.155. The fraction of sp³-hybridized carbons (Fsp3) is 0.417. The molecule has 0 bridgehead atoms. The first kappa shape index (κ1) is 21.2. The van der Waals surface area contributed by atoms with Crippen LogP contribution in [0.1, 0.15) is 30.3 Å². The van der Waals surface area contributed by atoms with E-state index in [4.69, 9.17) is 9.72 Å². The smallest absolute Gasteiger partial charge is 0.315 e. The molecule has 1 aliphatic heterocycles. The van der Waals surface area contributed by atoms with E-state index in [9.17, 15) is 4.79 Å². The van der Waals surface area contributed by atoms with Gasteiger partial charge in [0, 0.05) is 6.54 Å². The topological polar surface area (TPSA) is 82.3 Å². The number of fused-ring (bicyclic) bond motifs is 1. The molecule has 3 N–H and O–H groups in total. The predicted molar refractivity (Wildman–Crippen MR) is 122 cm³/mol. The maximum atomic E-state index is 12.7. The van der Waals surface area contributed by atoms with Crippen LogP contribution < -0.4 is 15.4 Å². The summed E-state index contributed by atoms with van der Waals surface area (Å²) in [5, 5.41) is 6.21. The molecule has 1 unspecified atom stereocenters. The molecule has 1 aliphatic rings. The first-order chi connectivity index (χ1) is 15.1. The molecule has 4 rings (SSSR count). The number of aromatic amines is 1. The van der Waals surface area contributed by atoms with Crippen LogP contribution in [0.4, 0.5) is 4.79 Å². The van der Waals surface area contributed by atoms with Gasteiger partial charge in [-0.1, -0.05) is 24.3 Å². The molecule has 3 aromatic rings. The van der Waals surface area contributed by atoms with Gasteiger partial charge >= 0.3 is 6.03 Å². The van der Waals surface area contributed by atoms with Gasteiger partial charge in [-0.2, -0.15) is 0 Å². The van der Waals surface area contributed by atoms with Crippen molar-refractivity contribution >= 4 is 17.1 Å². The minimum Gasteiger partial charge on any atom is -0.497 e. The van der Waals surface area contributed by atoms with Gasteiger partial charge in [0.2, 0.25) is 0 Å². The number of hydrogen-bond donors (Lipinski definition) is 3. The molecule has 2 heterocycles. The Morgan fingerprint density at radius 1 is 1.19 bits per heavy atom. The Balaban J connectivity index is 1.45. The zero-order valence-electron chi connectivity index (χ0n) is 18.2. The quantitative estimate of drug-likeness (QED) is 0.545. The van der Waals surface area contributed by atoms with Crippen molar-refractivity contribution in [3.05, 3.63) is 59.9 Å². The van der Waals surface area contributed by atoms with Crippen LogP contribution in [0.25, 0.3) is 11.0 Å². The molecule has 7 heteroatoms. The number of ether oxygens (including phenoxy) is 1. The average molecular weight is 422 g/mol. The van der Waals surface area contributed by atoms with Crippen molar-refractivity contribution in [3.8, 4) is 5.75 Å². The number of likely N-dealkylation sites (tertiary alicyclic amines) is 1. The second kappa shape index (κ2) is 9.83. The van der Waals surface area contributed by atoms with Gasteiger partial charge in [0.05, 0.1) is 24.2 Å². The number of urea groups is 1. The van der Waals surface area contributed by atoms with E-state index >= 15 is 0 Å². The van der Waals surface area contributed by atoms with Gasteiger partial charge in [0.15, 0.2) is 0 Å². The number of carbonyl (C=O) groups is 1. The summed E-state index contributed by atoms with van der Waals surface area (Å²) >= 11 is 0. The molecule has 0 spiro atoms. The minimum atomic E-state index is -0.265. The highest BCUT2D eigenvalue weighted by Gasteiger charge is 2.21. The number of imidazole rings is 1. The summed E-state index contributed by atoms with van der Waals surface area (Å²) < 4.78 is 5.26. The molecular weight excluding hydrogens is 390 g/mol. The molecule has 7 nitrogen and oxygen atoms in total. The first-order valence-corrected chi connectivity index (χ1v) is 10.9. The molecule has 2 aromatic carbocycles. The monoisotopic (exact) mass is 421 g/mol. The molecule has 164 valence electrons. The van der Waals surface area contributed by atoms with Crippen LogP contribution in [-0.2, 0) is 6.42 Å². The van der Waals surface area contributed by atoms with Crippen LogP contribution in [0.2, 0.25) is 0 Å². The Morgan fingerprint density at radius 2 is 1.94 bits per heavy atom. The van der Waals surface area contributed by atoms with E-state index in [0.717, 1.165) is 54.1 Å². The Kier molecular flexibility index (Phi) is 6.72. The number of nitrogens with one attached hydrogen (secondary N) is 3. The number of para-hydroxylation sites is 2. The highest BCUT2D eigenvalue weighted by molar-refractivity contribution is 5.76. The summed E-state index contributed by atoms with van der Waals surface area (Å²) in [7, 11) is 3.80. The molecule has 31 heavy (non-hydrogen) atoms. The number of methoxy groups -OCH3 is 1. The summed E-state index contributed by atoms with van der Waals surface area (Å²) in [6.07, 6.45) is 2.87. The third-order valence-electron chi connectivity index (χ3n) is 6.03. The summed E-state index contributed by atoms with van der Waals surface area (Å²) in [5.41, 5.74) is 2.96. The van der Waals surface area contributed by atoms with Crippen molar-refractivity contribution in [2.75, 3.05) is 33.8 Å². The Labute approximate surface area is 183 Å². The van der Waals surface area contributed by atoms with Gasteiger partial charge in [0.25, 0.3) is 0 Å². The maximum Gasteiger partial charge on any atom is 0.315 e. The molecule has 0 aliphatic carbocycles. The van der Waals surface area contributed by atoms with E-state index in [1.165, 1.54) is 0 Å². The highest BCUT2D eigenvalue weighted by Crippen LogP contribution is 2.21. The molecule has 1 aromatic heterocycles. The number of carbonyl (C=O) groups excluding carboxylic acids is 1. The number of piperidine rings is 1. The summed E-state index contributed by atoms with van der Waals surface area (Å²) in [6.45, 7) is 2.88. The average Bonchev–Trinajstić information content (AvgIpc) is 3.23. The van der Waals surface area contributed by atoms with Gasteiger partial charge < -0.3 is 25.3 Å². The zero-order valence-corrected chi connectivity index (χ0v) is 18.2. The van der Waals surface area contributed by atoms with E-state index in [1.54, 1.807) is 7.11 Å². The number of H-pyrrole nitrogens is 1. The maximum absolute atomic E-state index is 12.7. The van der Waals surface area contributed by atoms with Gasteiger partial charge in [-0.05, 0) is 75.1 Å². The van der Waals surface area contributed by atoms with Crippen molar-refractivity contribution < 1.29 is 9.53 Å². The predicted octanol–water partition coefficient (Wildman–Crippen LogP) is 3.50. The molecule has 1 saturated heterocycles. The molecule has 1 atom stereocenters. The lowest BCUT2D eigenvalue weighted by molar-refractivity contribution is 0.208. The van der Waals surface area contributed by atoms with Crippen LogP contribution in [0.3, 0.4) is 0 Å². The van der Waals surface area contributed by atoms with E-state index in [0.29, 0.717) is 18.9 Å². The lowest BCUT2D eigenvalue weighted by Gasteiger charge is -2.29. The van der Waals surface area contributed by atoms with Crippen molar-refractivity contribution in [1.82, 2.24) is 25.5 Å². The lowest BCUT2D eigenvalue weighted by Crippen LogP contribution is -2.43. The number of benzene rings is 2. The van der Waals surface area contributed by atoms with Gasteiger partial charge in [-0.25, -0.2) is 9.78 Å². The fourth-order valence-corrected chi connectivity index (χ4v) is 4.06. The summed E-state index contributed by atoms with van der Waals surface area (Å²) in [4.78, 5) is 23.2. The van der Waals surface area contributed by atoms with Crippen LogP contribution in [0, 0.1) is 5.92 Å². The number of rotatable bonds is 7. The SMILES string of the molecule is COc1ccc(CC(NC(=O)NCC2CCN(C)CC2)c2nc3ccccc3[nH]2)cc1. The summed E-state index contributed by atoms with van der Waals surface area (Å²) in [5.74, 6) is 2.10. The van der Waals surface area contributed by atoms with E-state index in [2.05, 4.69) is 27.6 Å². The number of hydrogen-bond acceptors (Lipinski definition) is 4. The molecular formula is C24H31N5O2. The van der Waals surface area contributed by atoms with Crippen molar-refractivity contribution in [2.24, 2.45) is 5.92 Å². The van der Waals surface area contributed by atoms with Crippen molar-refractivity contribution in [3.63, 3.8) is 0 Å². The van der Waals surface area contributed by atoms with E-state index in [1.807, 2.05) is 48.5 Å². The van der Waals surface area contributed by atoms with E-state index in [-0.39, 0.29) is 12.1 Å². The number of nitrogens with zero attached hydrogens (tertiary/aromatic N) is 2. The second-order valence-electron chi connectivity index (χ2n) is 8.34. The normalized spacial score (nSPS) is 16.2. The lowest BCUT2D eigenvalue weighted by atomic mass is 9.97. The van der Waals surface area contributed by atoms with Crippen LogP contribution >= 0.6 is 0 Å². The Bertz CT molecular complexity index is 960. The molecule has 1 fully saturated rings. The summed E-state index contributed by atoms with van der Waals surface area (Å²) in [6, 6.07) is 15.4. The van der Waals surface area contributed by atoms with Gasteiger partial charge in [0.1, 0.15) is 11.6 Å². The fourth-order valence-electron chi connectivity index (χ4n) is 4.06. The van der Waals surface area contributed by atoms with Crippen LogP contribution in [0.5, 0.6) is 5.75 Å². The largest absolute Gasteiger partial charge is 0.497 e. The van der Waals surface area contributed by atoms with Crippen molar-refractivity contribution in [2.45, 2.75) is 25.3 Å². The second-order valence-corrected chi connectivity index (χ2v) is 8.34. The molecule has 0 saturated carbocycles. The third-order valence-corrected chi connectivity index (χ3v) is 6.03. The molecule has 0 radical (unpaired) electrons. The highest BCUT2D eigenvalue weighted by atomic mass is 16.5. The van der Waals surface area contributed by atoms with Gasteiger partial charge in [-0.3, -0.25) is 0 Å². The molecule has 2 amide bonds. The first-order valence-electron chi connectivity index (χ1n) is 10.9. The van der Waals surface area contributed by atoms with Crippen molar-refractivity contribution in [1.29, 1.82) is 0 Å². The Morgan fingerprint density at radius 3 is 2.65 bits per heavy atom. The standard InChI is InChI=1S/C24H31N5O2/c1-29-13-11-18(12-14-29)16-25-24(30)28-22(15-17-7-9-19(31-2)10-8-17)23-26-20-5-3-4-6-21(20)27-23/h3-10,18,22H,11-16H2,1-2H3,(H,26,27)(H2,25,28,30).